The third-order valence-electron chi connectivity index (χ3n) is 4.68. The summed E-state index contributed by atoms with van der Waals surface area (Å²) in [6.07, 6.45) is 4.62. The van der Waals surface area contributed by atoms with Gasteiger partial charge in [0.1, 0.15) is 12.7 Å². The molecule has 1 aromatic rings. The first-order valence-electron chi connectivity index (χ1n) is 8.16. The molecule has 2 aliphatic rings. The van der Waals surface area contributed by atoms with Gasteiger partial charge in [0.05, 0.1) is 13.2 Å². The third kappa shape index (κ3) is 3.64. The first-order chi connectivity index (χ1) is 10.7. The highest BCUT2D eigenvalue weighted by atomic mass is 16.5. The van der Waals surface area contributed by atoms with E-state index in [1.165, 1.54) is 6.33 Å². The SMILES string of the molecule is C[C@H]1CN(C(=O)CCCn2cncn2)C[C@@H]1N1CCOCC1. The quantitative estimate of drug-likeness (QED) is 0.779. The molecule has 0 spiro atoms. The molecule has 7 heteroatoms. The van der Waals surface area contributed by atoms with Crippen LogP contribution < -0.4 is 0 Å². The van der Waals surface area contributed by atoms with Crippen molar-refractivity contribution in [1.29, 1.82) is 0 Å². The van der Waals surface area contributed by atoms with E-state index >= 15 is 0 Å². The number of rotatable bonds is 5. The maximum absolute atomic E-state index is 12.4. The van der Waals surface area contributed by atoms with Crippen molar-refractivity contribution in [3.05, 3.63) is 12.7 Å². The maximum atomic E-state index is 12.4. The van der Waals surface area contributed by atoms with Gasteiger partial charge in [-0.2, -0.15) is 5.10 Å². The number of likely N-dealkylation sites (tertiary alicyclic amines) is 1. The molecule has 0 bridgehead atoms. The molecular formula is C15H25N5O2. The second-order valence-electron chi connectivity index (χ2n) is 6.25. The Labute approximate surface area is 131 Å². The van der Waals surface area contributed by atoms with Crippen LogP contribution in [0.4, 0.5) is 0 Å². The van der Waals surface area contributed by atoms with E-state index in [1.807, 2.05) is 4.90 Å². The Morgan fingerprint density at radius 1 is 1.32 bits per heavy atom. The Hall–Kier alpha value is -1.47. The van der Waals surface area contributed by atoms with E-state index in [0.29, 0.717) is 18.4 Å². The van der Waals surface area contributed by atoms with Gasteiger partial charge in [0.2, 0.25) is 5.91 Å². The summed E-state index contributed by atoms with van der Waals surface area (Å²) in [4.78, 5) is 20.8. The summed E-state index contributed by atoms with van der Waals surface area (Å²) in [6, 6.07) is 0.489. The second kappa shape index (κ2) is 7.19. The molecule has 0 radical (unpaired) electrons. The van der Waals surface area contributed by atoms with E-state index in [1.54, 1.807) is 11.0 Å². The van der Waals surface area contributed by atoms with Crippen LogP contribution >= 0.6 is 0 Å². The average molecular weight is 307 g/mol. The van der Waals surface area contributed by atoms with Crippen LogP contribution in [0.25, 0.3) is 0 Å². The number of amides is 1. The van der Waals surface area contributed by atoms with Crippen LogP contribution in [0.2, 0.25) is 0 Å². The summed E-state index contributed by atoms with van der Waals surface area (Å²) in [5, 5.41) is 4.06. The summed E-state index contributed by atoms with van der Waals surface area (Å²) in [5.74, 6) is 0.806. The summed E-state index contributed by atoms with van der Waals surface area (Å²) < 4.78 is 7.20. The van der Waals surface area contributed by atoms with Crippen molar-refractivity contribution in [3.63, 3.8) is 0 Å². The van der Waals surface area contributed by atoms with Gasteiger partial charge in [-0.3, -0.25) is 14.4 Å². The van der Waals surface area contributed by atoms with Crippen molar-refractivity contribution >= 4 is 5.91 Å². The first kappa shape index (κ1) is 15.4. The molecule has 0 N–H and O–H groups in total. The first-order valence-corrected chi connectivity index (χ1v) is 8.16. The molecule has 2 fully saturated rings. The van der Waals surface area contributed by atoms with Crippen LogP contribution in [0.3, 0.4) is 0 Å². The number of hydrogen-bond donors (Lipinski definition) is 0. The molecule has 2 aliphatic heterocycles. The van der Waals surface area contributed by atoms with Gasteiger partial charge >= 0.3 is 0 Å². The molecule has 22 heavy (non-hydrogen) atoms. The molecule has 0 unspecified atom stereocenters. The van der Waals surface area contributed by atoms with Gasteiger partial charge in [-0.05, 0) is 12.3 Å². The molecule has 7 nitrogen and oxygen atoms in total. The zero-order chi connectivity index (χ0) is 15.4. The van der Waals surface area contributed by atoms with Gasteiger partial charge in [0.15, 0.2) is 0 Å². The second-order valence-corrected chi connectivity index (χ2v) is 6.25. The lowest BCUT2D eigenvalue weighted by Crippen LogP contribution is -2.47. The summed E-state index contributed by atoms with van der Waals surface area (Å²) >= 11 is 0. The highest BCUT2D eigenvalue weighted by molar-refractivity contribution is 5.76. The molecule has 0 saturated carbocycles. The van der Waals surface area contributed by atoms with Crippen LogP contribution in [-0.4, -0.2) is 75.9 Å². The highest BCUT2D eigenvalue weighted by Gasteiger charge is 2.36. The van der Waals surface area contributed by atoms with Crippen molar-refractivity contribution in [2.24, 2.45) is 5.92 Å². The predicted molar refractivity (Wildman–Crippen MR) is 81.2 cm³/mol. The fourth-order valence-electron chi connectivity index (χ4n) is 3.44. The van der Waals surface area contributed by atoms with Gasteiger partial charge < -0.3 is 9.64 Å². The Morgan fingerprint density at radius 2 is 2.14 bits per heavy atom. The number of carbonyl (C=O) groups excluding carboxylic acids is 1. The minimum atomic E-state index is 0.266. The van der Waals surface area contributed by atoms with Crippen LogP contribution in [0.15, 0.2) is 12.7 Å². The molecular weight excluding hydrogens is 282 g/mol. The zero-order valence-electron chi connectivity index (χ0n) is 13.2. The summed E-state index contributed by atoms with van der Waals surface area (Å²) in [7, 11) is 0. The van der Waals surface area contributed by atoms with Crippen molar-refractivity contribution in [2.75, 3.05) is 39.4 Å². The predicted octanol–water partition coefficient (Wildman–Crippen LogP) is 0.237. The molecule has 2 atom stereocenters. The minimum absolute atomic E-state index is 0.266. The van der Waals surface area contributed by atoms with Gasteiger partial charge in [-0.25, -0.2) is 4.98 Å². The molecule has 1 amide bonds. The number of carbonyl (C=O) groups is 1. The lowest BCUT2D eigenvalue weighted by atomic mass is 10.0. The van der Waals surface area contributed by atoms with Gasteiger partial charge in [0, 0.05) is 45.2 Å². The van der Waals surface area contributed by atoms with Crippen molar-refractivity contribution in [2.45, 2.75) is 32.4 Å². The number of hydrogen-bond acceptors (Lipinski definition) is 5. The molecule has 2 saturated heterocycles. The highest BCUT2D eigenvalue weighted by Crippen LogP contribution is 2.23. The van der Waals surface area contributed by atoms with E-state index < -0.39 is 0 Å². The van der Waals surface area contributed by atoms with Crippen LogP contribution in [0, 0.1) is 5.92 Å². The van der Waals surface area contributed by atoms with Gasteiger partial charge in [-0.1, -0.05) is 6.92 Å². The molecule has 0 aromatic carbocycles. The Morgan fingerprint density at radius 3 is 2.86 bits per heavy atom. The van der Waals surface area contributed by atoms with E-state index in [9.17, 15) is 4.79 Å². The topological polar surface area (TPSA) is 63.5 Å². The normalized spacial score (nSPS) is 26.5. The number of morpholine rings is 1. The molecule has 3 rings (SSSR count). The van der Waals surface area contributed by atoms with Gasteiger partial charge in [-0.15, -0.1) is 0 Å². The lowest BCUT2D eigenvalue weighted by molar-refractivity contribution is -0.130. The maximum Gasteiger partial charge on any atom is 0.222 e. The lowest BCUT2D eigenvalue weighted by Gasteiger charge is -2.34. The fourth-order valence-corrected chi connectivity index (χ4v) is 3.44. The van der Waals surface area contributed by atoms with Crippen molar-refractivity contribution in [3.8, 4) is 0 Å². The van der Waals surface area contributed by atoms with E-state index in [-0.39, 0.29) is 5.91 Å². The summed E-state index contributed by atoms with van der Waals surface area (Å²) in [5.41, 5.74) is 0. The zero-order valence-corrected chi connectivity index (χ0v) is 13.2. The van der Waals surface area contributed by atoms with Crippen LogP contribution in [-0.2, 0) is 16.1 Å². The Bertz CT molecular complexity index is 472. The van der Waals surface area contributed by atoms with E-state index in [0.717, 1.165) is 52.4 Å². The van der Waals surface area contributed by atoms with Crippen LogP contribution in [0.1, 0.15) is 19.8 Å². The summed E-state index contributed by atoms with van der Waals surface area (Å²) in [6.45, 7) is 8.36. The molecule has 1 aromatic heterocycles. The number of aryl methyl sites for hydroxylation is 1. The largest absolute Gasteiger partial charge is 0.379 e. The molecule has 0 aliphatic carbocycles. The van der Waals surface area contributed by atoms with Crippen molar-refractivity contribution < 1.29 is 9.53 Å². The number of aromatic nitrogens is 3. The standard InChI is InChI=1S/C15H25N5O2/c1-13-9-19(10-14(13)18-5-7-22-8-6-18)15(21)3-2-4-20-12-16-11-17-20/h11-14H,2-10H2,1H3/t13-,14-/m0/s1. The number of ether oxygens (including phenoxy) is 1. The Kier molecular flexibility index (Phi) is 5.04. The fraction of sp³-hybridized carbons (Fsp3) is 0.800. The minimum Gasteiger partial charge on any atom is -0.379 e. The smallest absolute Gasteiger partial charge is 0.222 e. The number of nitrogens with zero attached hydrogens (tertiary/aromatic N) is 5. The van der Waals surface area contributed by atoms with Crippen molar-refractivity contribution in [1.82, 2.24) is 24.6 Å². The van der Waals surface area contributed by atoms with E-state index in [2.05, 4.69) is 21.9 Å². The monoisotopic (exact) mass is 307 g/mol. The third-order valence-corrected chi connectivity index (χ3v) is 4.68. The molecule has 3 heterocycles. The average Bonchev–Trinajstić information content (AvgIpc) is 3.17. The molecule has 122 valence electrons. The van der Waals surface area contributed by atoms with Crippen LogP contribution in [0.5, 0.6) is 0 Å². The van der Waals surface area contributed by atoms with E-state index in [4.69, 9.17) is 4.74 Å². The van der Waals surface area contributed by atoms with Gasteiger partial charge in [0.25, 0.3) is 0 Å². The Balaban J connectivity index is 1.45.